The van der Waals surface area contributed by atoms with Gasteiger partial charge in [0.1, 0.15) is 11.5 Å². The van der Waals surface area contributed by atoms with Crippen LogP contribution in [0.25, 0.3) is 5.69 Å². The number of anilines is 1. The average Bonchev–Trinajstić information content (AvgIpc) is 3.17. The van der Waals surface area contributed by atoms with Gasteiger partial charge in [-0.05, 0) is 44.0 Å². The van der Waals surface area contributed by atoms with E-state index < -0.39 is 0 Å². The van der Waals surface area contributed by atoms with E-state index >= 15 is 0 Å². The summed E-state index contributed by atoms with van der Waals surface area (Å²) >= 11 is 0. The predicted octanol–water partition coefficient (Wildman–Crippen LogP) is 2.34. The van der Waals surface area contributed by atoms with Crippen LogP contribution in [0.3, 0.4) is 0 Å². The lowest BCUT2D eigenvalue weighted by atomic mass is 10.0. The number of benzene rings is 1. The summed E-state index contributed by atoms with van der Waals surface area (Å²) < 4.78 is 15.1. The third kappa shape index (κ3) is 3.51. The van der Waals surface area contributed by atoms with Crippen LogP contribution in [-0.4, -0.2) is 28.8 Å². The monoisotopic (exact) mass is 302 g/mol. The first-order chi connectivity index (χ1) is 10.7. The number of para-hydroxylation sites is 1. The standard InChI is InChI=1S/C16H19FN4O/c17-14-3-1-2-4-15(14)21-11-13(10-19-21)20-16(22)6-5-12-7-8-18-9-12/h1-4,10-12,18H,5-9H2,(H,20,22). The van der Waals surface area contributed by atoms with Crippen molar-refractivity contribution in [3.8, 4) is 5.69 Å². The van der Waals surface area contributed by atoms with Crippen molar-refractivity contribution in [2.75, 3.05) is 18.4 Å². The molecule has 1 atom stereocenters. The molecule has 1 aliphatic heterocycles. The molecule has 1 saturated heterocycles. The number of amides is 1. The van der Waals surface area contributed by atoms with E-state index in [1.54, 1.807) is 24.4 Å². The summed E-state index contributed by atoms with van der Waals surface area (Å²) in [5.74, 6) is 0.212. The van der Waals surface area contributed by atoms with Gasteiger partial charge in [-0.1, -0.05) is 12.1 Å². The van der Waals surface area contributed by atoms with Gasteiger partial charge in [-0.15, -0.1) is 0 Å². The van der Waals surface area contributed by atoms with Crippen LogP contribution in [0.5, 0.6) is 0 Å². The number of carbonyl (C=O) groups is 1. The lowest BCUT2D eigenvalue weighted by molar-refractivity contribution is -0.116. The summed E-state index contributed by atoms with van der Waals surface area (Å²) in [4.78, 5) is 11.9. The Labute approximate surface area is 128 Å². The maximum absolute atomic E-state index is 13.7. The van der Waals surface area contributed by atoms with Crippen LogP contribution in [0, 0.1) is 11.7 Å². The number of nitrogens with zero attached hydrogens (tertiary/aromatic N) is 2. The molecule has 0 aliphatic carbocycles. The normalized spacial score (nSPS) is 17.6. The molecule has 2 N–H and O–H groups in total. The average molecular weight is 302 g/mol. The molecule has 1 fully saturated rings. The number of aromatic nitrogens is 2. The Morgan fingerprint density at radius 1 is 1.45 bits per heavy atom. The summed E-state index contributed by atoms with van der Waals surface area (Å²) in [7, 11) is 0. The fourth-order valence-corrected chi connectivity index (χ4v) is 2.68. The van der Waals surface area contributed by atoms with Crippen LogP contribution in [0.2, 0.25) is 0 Å². The van der Waals surface area contributed by atoms with E-state index in [1.165, 1.54) is 16.9 Å². The second-order valence-electron chi connectivity index (χ2n) is 5.57. The van der Waals surface area contributed by atoms with Gasteiger partial charge in [0, 0.05) is 6.42 Å². The maximum Gasteiger partial charge on any atom is 0.224 e. The van der Waals surface area contributed by atoms with E-state index in [-0.39, 0.29) is 11.7 Å². The second kappa shape index (κ2) is 6.70. The lowest BCUT2D eigenvalue weighted by Crippen LogP contribution is -2.14. The van der Waals surface area contributed by atoms with E-state index in [4.69, 9.17) is 0 Å². The maximum atomic E-state index is 13.7. The number of rotatable bonds is 5. The number of carbonyl (C=O) groups excluding carboxylic acids is 1. The number of hydrogen-bond acceptors (Lipinski definition) is 3. The molecular formula is C16H19FN4O. The van der Waals surface area contributed by atoms with E-state index in [9.17, 15) is 9.18 Å². The van der Waals surface area contributed by atoms with E-state index in [2.05, 4.69) is 15.7 Å². The van der Waals surface area contributed by atoms with Crippen LogP contribution in [0.15, 0.2) is 36.7 Å². The van der Waals surface area contributed by atoms with Gasteiger partial charge in [-0.3, -0.25) is 4.79 Å². The highest BCUT2D eigenvalue weighted by Crippen LogP contribution is 2.17. The first-order valence-electron chi connectivity index (χ1n) is 7.52. The van der Waals surface area contributed by atoms with Gasteiger partial charge >= 0.3 is 0 Å². The summed E-state index contributed by atoms with van der Waals surface area (Å²) in [6.45, 7) is 2.04. The largest absolute Gasteiger partial charge is 0.323 e. The fraction of sp³-hybridized carbons (Fsp3) is 0.375. The third-order valence-electron chi connectivity index (χ3n) is 3.91. The number of hydrogen-bond donors (Lipinski definition) is 2. The summed E-state index contributed by atoms with van der Waals surface area (Å²) in [5.41, 5.74) is 0.942. The zero-order chi connectivity index (χ0) is 15.4. The van der Waals surface area contributed by atoms with Gasteiger partial charge in [0.05, 0.1) is 18.1 Å². The van der Waals surface area contributed by atoms with Crippen molar-refractivity contribution in [2.45, 2.75) is 19.3 Å². The molecule has 1 amide bonds. The highest BCUT2D eigenvalue weighted by atomic mass is 19.1. The first-order valence-corrected chi connectivity index (χ1v) is 7.52. The molecule has 0 spiro atoms. The van der Waals surface area contributed by atoms with Crippen molar-refractivity contribution in [1.82, 2.24) is 15.1 Å². The van der Waals surface area contributed by atoms with E-state index in [0.717, 1.165) is 25.9 Å². The molecule has 0 saturated carbocycles. The van der Waals surface area contributed by atoms with Crippen molar-refractivity contribution in [1.29, 1.82) is 0 Å². The molecular weight excluding hydrogens is 283 g/mol. The van der Waals surface area contributed by atoms with Gasteiger partial charge in [-0.2, -0.15) is 5.10 Å². The van der Waals surface area contributed by atoms with Crippen molar-refractivity contribution in [3.05, 3.63) is 42.5 Å². The molecule has 5 nitrogen and oxygen atoms in total. The molecule has 1 unspecified atom stereocenters. The van der Waals surface area contributed by atoms with Crippen LogP contribution < -0.4 is 10.6 Å². The highest BCUT2D eigenvalue weighted by Gasteiger charge is 2.16. The van der Waals surface area contributed by atoms with Gasteiger partial charge in [0.25, 0.3) is 0 Å². The quantitative estimate of drug-likeness (QED) is 0.891. The zero-order valence-corrected chi connectivity index (χ0v) is 12.3. The number of nitrogens with one attached hydrogen (secondary N) is 2. The van der Waals surface area contributed by atoms with Gasteiger partial charge in [-0.25, -0.2) is 9.07 Å². The zero-order valence-electron chi connectivity index (χ0n) is 12.3. The van der Waals surface area contributed by atoms with Gasteiger partial charge < -0.3 is 10.6 Å². The topological polar surface area (TPSA) is 59.0 Å². The molecule has 6 heteroatoms. The molecule has 1 aromatic carbocycles. The van der Waals surface area contributed by atoms with Crippen LogP contribution in [0.1, 0.15) is 19.3 Å². The summed E-state index contributed by atoms with van der Waals surface area (Å²) in [6, 6.07) is 6.39. The minimum atomic E-state index is -0.350. The molecule has 0 radical (unpaired) electrons. The molecule has 1 aromatic heterocycles. The summed E-state index contributed by atoms with van der Waals surface area (Å²) in [6.07, 6.45) is 5.67. The lowest BCUT2D eigenvalue weighted by Gasteiger charge is -2.07. The van der Waals surface area contributed by atoms with Gasteiger partial charge in [0.2, 0.25) is 5.91 Å². The first kappa shape index (κ1) is 14.7. The van der Waals surface area contributed by atoms with E-state index in [0.29, 0.717) is 23.7 Å². The van der Waals surface area contributed by atoms with Crippen molar-refractivity contribution in [3.63, 3.8) is 0 Å². The van der Waals surface area contributed by atoms with Crippen LogP contribution >= 0.6 is 0 Å². The second-order valence-corrected chi connectivity index (χ2v) is 5.57. The summed E-state index contributed by atoms with van der Waals surface area (Å²) in [5, 5.41) is 10.2. The highest BCUT2D eigenvalue weighted by molar-refractivity contribution is 5.90. The molecule has 3 rings (SSSR count). The smallest absolute Gasteiger partial charge is 0.224 e. The minimum Gasteiger partial charge on any atom is -0.323 e. The Morgan fingerprint density at radius 2 is 2.32 bits per heavy atom. The fourth-order valence-electron chi connectivity index (χ4n) is 2.68. The third-order valence-corrected chi connectivity index (χ3v) is 3.91. The van der Waals surface area contributed by atoms with Crippen LogP contribution in [0.4, 0.5) is 10.1 Å². The Kier molecular flexibility index (Phi) is 4.48. The Balaban J connectivity index is 1.57. The minimum absolute atomic E-state index is 0.0278. The molecule has 22 heavy (non-hydrogen) atoms. The van der Waals surface area contributed by atoms with Crippen molar-refractivity contribution in [2.24, 2.45) is 5.92 Å². The molecule has 1 aliphatic rings. The van der Waals surface area contributed by atoms with Crippen molar-refractivity contribution < 1.29 is 9.18 Å². The van der Waals surface area contributed by atoms with Crippen LogP contribution in [-0.2, 0) is 4.79 Å². The molecule has 116 valence electrons. The number of halogens is 1. The van der Waals surface area contributed by atoms with Gasteiger partial charge in [0.15, 0.2) is 0 Å². The Morgan fingerprint density at radius 3 is 3.09 bits per heavy atom. The van der Waals surface area contributed by atoms with Crippen molar-refractivity contribution >= 4 is 11.6 Å². The van der Waals surface area contributed by atoms with E-state index in [1.807, 2.05) is 0 Å². The Bertz CT molecular complexity index is 649. The molecule has 2 aromatic rings. The predicted molar refractivity (Wildman–Crippen MR) is 82.4 cm³/mol. The Hall–Kier alpha value is -2.21. The molecule has 0 bridgehead atoms. The molecule has 2 heterocycles. The SMILES string of the molecule is O=C(CCC1CCNC1)Nc1cnn(-c2ccccc2F)c1.